The van der Waals surface area contributed by atoms with E-state index in [1.54, 1.807) is 6.07 Å². The number of carbonyl (C=O) groups is 1. The highest BCUT2D eigenvalue weighted by Gasteiger charge is 2.29. The number of phenolic OH excluding ortho intramolecular Hbond substituents is 1. The minimum absolute atomic E-state index is 0.0456. The van der Waals surface area contributed by atoms with E-state index >= 15 is 0 Å². The quantitative estimate of drug-likeness (QED) is 0.690. The number of urea groups is 1. The molecule has 3 rings (SSSR count). The van der Waals surface area contributed by atoms with Gasteiger partial charge in [-0.3, -0.25) is 0 Å². The summed E-state index contributed by atoms with van der Waals surface area (Å²) in [4.78, 5) is 11.9. The van der Waals surface area contributed by atoms with Crippen molar-refractivity contribution in [2.75, 3.05) is 16.4 Å². The summed E-state index contributed by atoms with van der Waals surface area (Å²) in [5.41, 5.74) is 0.501. The van der Waals surface area contributed by atoms with Gasteiger partial charge < -0.3 is 15.7 Å². The van der Waals surface area contributed by atoms with E-state index in [1.165, 1.54) is 18.2 Å². The van der Waals surface area contributed by atoms with Gasteiger partial charge in [-0.25, -0.2) is 17.6 Å². The minimum atomic E-state index is -3.59. The fraction of sp³-hybridized carbons (Fsp3) is 0.188. The standard InChI is InChI=1S/C16H14ClFN2O4S/c17-13-10(18)4-1-5-11(13)19-16(22)20-12-7-6-9-3-2-8-25(23,24)15(9)14(12)21/h1,4-7,21H,2-3,8H2,(H2,19,20,22). The first-order chi connectivity index (χ1) is 11.8. The van der Waals surface area contributed by atoms with Crippen molar-refractivity contribution in [3.05, 3.63) is 46.7 Å². The van der Waals surface area contributed by atoms with Gasteiger partial charge in [-0.05, 0) is 36.6 Å². The van der Waals surface area contributed by atoms with E-state index in [0.717, 1.165) is 6.07 Å². The number of phenols is 1. The van der Waals surface area contributed by atoms with E-state index in [1.807, 2.05) is 0 Å². The first kappa shape index (κ1) is 17.5. The van der Waals surface area contributed by atoms with Gasteiger partial charge in [0.1, 0.15) is 10.7 Å². The van der Waals surface area contributed by atoms with Crippen LogP contribution in [0.1, 0.15) is 12.0 Å². The highest BCUT2D eigenvalue weighted by molar-refractivity contribution is 7.91. The topological polar surface area (TPSA) is 95.5 Å². The van der Waals surface area contributed by atoms with E-state index < -0.39 is 27.4 Å². The SMILES string of the molecule is O=C(Nc1ccc2c(c1O)S(=O)(=O)CCC2)Nc1cccc(F)c1Cl. The van der Waals surface area contributed by atoms with Crippen LogP contribution in [0.2, 0.25) is 5.02 Å². The molecular weight excluding hydrogens is 371 g/mol. The van der Waals surface area contributed by atoms with Crippen molar-refractivity contribution in [2.24, 2.45) is 0 Å². The van der Waals surface area contributed by atoms with E-state index in [4.69, 9.17) is 11.6 Å². The normalized spacial score (nSPS) is 15.3. The van der Waals surface area contributed by atoms with Gasteiger partial charge >= 0.3 is 6.03 Å². The number of aryl methyl sites for hydroxylation is 1. The van der Waals surface area contributed by atoms with Crippen LogP contribution in [0.5, 0.6) is 5.75 Å². The lowest BCUT2D eigenvalue weighted by Crippen LogP contribution is -2.21. The predicted molar refractivity (Wildman–Crippen MR) is 92.5 cm³/mol. The van der Waals surface area contributed by atoms with Crippen LogP contribution in [0.25, 0.3) is 0 Å². The van der Waals surface area contributed by atoms with Crippen LogP contribution in [-0.4, -0.2) is 25.3 Å². The summed E-state index contributed by atoms with van der Waals surface area (Å²) in [5, 5.41) is 14.7. The Morgan fingerprint density at radius 2 is 1.88 bits per heavy atom. The van der Waals surface area contributed by atoms with Gasteiger partial charge in [0.15, 0.2) is 15.6 Å². The number of hydrogen-bond donors (Lipinski definition) is 3. The number of rotatable bonds is 2. The molecule has 6 nitrogen and oxygen atoms in total. The molecule has 2 aromatic carbocycles. The molecule has 0 atom stereocenters. The summed E-state index contributed by atoms with van der Waals surface area (Å²) < 4.78 is 37.7. The zero-order valence-corrected chi connectivity index (χ0v) is 14.4. The van der Waals surface area contributed by atoms with Crippen molar-refractivity contribution in [3.63, 3.8) is 0 Å². The number of benzene rings is 2. The van der Waals surface area contributed by atoms with Gasteiger partial charge in [0.05, 0.1) is 22.2 Å². The van der Waals surface area contributed by atoms with Gasteiger partial charge in [0.2, 0.25) is 0 Å². The summed E-state index contributed by atoms with van der Waals surface area (Å²) >= 11 is 5.76. The van der Waals surface area contributed by atoms with Crippen molar-refractivity contribution < 1.29 is 22.7 Å². The lowest BCUT2D eigenvalue weighted by Gasteiger charge is -2.19. The van der Waals surface area contributed by atoms with Gasteiger partial charge in [-0.15, -0.1) is 0 Å². The second kappa shape index (κ2) is 6.53. The molecule has 0 aliphatic carbocycles. The number of carbonyl (C=O) groups excluding carboxylic acids is 1. The molecule has 1 aliphatic rings. The molecule has 0 fully saturated rings. The molecule has 1 heterocycles. The van der Waals surface area contributed by atoms with Crippen molar-refractivity contribution in [1.29, 1.82) is 0 Å². The van der Waals surface area contributed by atoms with Crippen LogP contribution >= 0.6 is 11.6 Å². The maximum atomic E-state index is 13.4. The lowest BCUT2D eigenvalue weighted by molar-refractivity contribution is 0.262. The van der Waals surface area contributed by atoms with Crippen LogP contribution in [0, 0.1) is 5.82 Å². The summed E-state index contributed by atoms with van der Waals surface area (Å²) in [5.74, 6) is -1.25. The minimum Gasteiger partial charge on any atom is -0.504 e. The summed E-state index contributed by atoms with van der Waals surface area (Å²) in [6.07, 6.45) is 1.02. The molecule has 0 bridgehead atoms. The molecule has 3 N–H and O–H groups in total. The highest BCUT2D eigenvalue weighted by atomic mass is 35.5. The largest absolute Gasteiger partial charge is 0.504 e. The third kappa shape index (κ3) is 3.40. The number of hydrogen-bond acceptors (Lipinski definition) is 4. The fourth-order valence-electron chi connectivity index (χ4n) is 2.69. The number of sulfone groups is 1. The third-order valence-corrected chi connectivity index (χ3v) is 6.12. The number of halogens is 2. The zero-order chi connectivity index (χ0) is 18.2. The van der Waals surface area contributed by atoms with Crippen LogP contribution in [0.15, 0.2) is 35.2 Å². The first-order valence-electron chi connectivity index (χ1n) is 7.39. The third-order valence-electron chi connectivity index (χ3n) is 3.83. The van der Waals surface area contributed by atoms with Crippen LogP contribution < -0.4 is 10.6 Å². The monoisotopic (exact) mass is 384 g/mol. The molecule has 25 heavy (non-hydrogen) atoms. The molecular formula is C16H14ClFN2O4S. The van der Waals surface area contributed by atoms with E-state index in [9.17, 15) is 22.7 Å². The van der Waals surface area contributed by atoms with Crippen molar-refractivity contribution in [2.45, 2.75) is 17.7 Å². The predicted octanol–water partition coefficient (Wildman–Crippen LogP) is 3.55. The van der Waals surface area contributed by atoms with Crippen molar-refractivity contribution >= 4 is 38.8 Å². The molecule has 0 spiro atoms. The maximum absolute atomic E-state index is 13.4. The second-order valence-electron chi connectivity index (χ2n) is 5.55. The average molecular weight is 385 g/mol. The first-order valence-corrected chi connectivity index (χ1v) is 9.42. The van der Waals surface area contributed by atoms with E-state index in [0.29, 0.717) is 18.4 Å². The molecule has 9 heteroatoms. The Labute approximate surface area is 148 Å². The average Bonchev–Trinajstić information content (AvgIpc) is 2.54. The number of fused-ring (bicyclic) bond motifs is 1. The molecule has 0 aromatic heterocycles. The van der Waals surface area contributed by atoms with Gasteiger partial charge in [0, 0.05) is 0 Å². The second-order valence-corrected chi connectivity index (χ2v) is 7.98. The number of amides is 2. The zero-order valence-electron chi connectivity index (χ0n) is 12.8. The Bertz CT molecular complexity index is 963. The number of nitrogens with one attached hydrogen (secondary N) is 2. The van der Waals surface area contributed by atoms with Crippen LogP contribution in [-0.2, 0) is 16.3 Å². The molecule has 132 valence electrons. The molecule has 2 aromatic rings. The summed E-state index contributed by atoms with van der Waals surface area (Å²) in [7, 11) is -3.59. The van der Waals surface area contributed by atoms with Crippen LogP contribution in [0.3, 0.4) is 0 Å². The van der Waals surface area contributed by atoms with Crippen LogP contribution in [0.4, 0.5) is 20.6 Å². The molecule has 0 saturated carbocycles. The van der Waals surface area contributed by atoms with E-state index in [-0.39, 0.29) is 27.0 Å². The van der Waals surface area contributed by atoms with E-state index in [2.05, 4.69) is 10.6 Å². The molecule has 0 saturated heterocycles. The molecule has 1 aliphatic heterocycles. The Morgan fingerprint density at radius 3 is 2.64 bits per heavy atom. The van der Waals surface area contributed by atoms with Gasteiger partial charge in [0.25, 0.3) is 0 Å². The smallest absolute Gasteiger partial charge is 0.323 e. The molecule has 0 unspecified atom stereocenters. The molecule has 2 amide bonds. The Morgan fingerprint density at radius 1 is 1.16 bits per heavy atom. The van der Waals surface area contributed by atoms with Gasteiger partial charge in [-0.2, -0.15) is 0 Å². The molecule has 0 radical (unpaired) electrons. The van der Waals surface area contributed by atoms with Crippen molar-refractivity contribution in [1.82, 2.24) is 0 Å². The highest BCUT2D eigenvalue weighted by Crippen LogP contribution is 2.38. The van der Waals surface area contributed by atoms with Crippen molar-refractivity contribution in [3.8, 4) is 5.75 Å². The Kier molecular flexibility index (Phi) is 4.57. The summed E-state index contributed by atoms with van der Waals surface area (Å²) in [6.45, 7) is 0. The lowest BCUT2D eigenvalue weighted by atomic mass is 10.1. The summed E-state index contributed by atoms with van der Waals surface area (Å²) in [6, 6.07) is 6.10. The maximum Gasteiger partial charge on any atom is 0.323 e. The Hall–Kier alpha value is -2.32. The number of aromatic hydroxyl groups is 1. The Balaban J connectivity index is 1.86. The fourth-order valence-corrected chi connectivity index (χ4v) is 4.56. The van der Waals surface area contributed by atoms with Gasteiger partial charge in [-0.1, -0.05) is 23.7 Å². The number of anilines is 2.